The van der Waals surface area contributed by atoms with Crippen molar-refractivity contribution in [3.8, 4) is 5.88 Å². The van der Waals surface area contributed by atoms with Gasteiger partial charge in [-0.1, -0.05) is 0 Å². The Labute approximate surface area is 105 Å². The van der Waals surface area contributed by atoms with Gasteiger partial charge in [0.05, 0.1) is 12.7 Å². The normalized spacial score (nSPS) is 18.3. The van der Waals surface area contributed by atoms with Gasteiger partial charge in [0.15, 0.2) is 5.82 Å². The molecule has 0 atom stereocenters. The molecule has 2 heterocycles. The van der Waals surface area contributed by atoms with Crippen molar-refractivity contribution in [1.29, 1.82) is 0 Å². The van der Waals surface area contributed by atoms with E-state index in [2.05, 4.69) is 15.3 Å². The van der Waals surface area contributed by atoms with Crippen molar-refractivity contribution in [2.24, 2.45) is 0 Å². The van der Waals surface area contributed by atoms with Crippen LogP contribution in [0.5, 0.6) is 5.88 Å². The van der Waals surface area contributed by atoms with E-state index in [9.17, 15) is 5.11 Å². The van der Waals surface area contributed by atoms with Crippen LogP contribution in [0.3, 0.4) is 0 Å². The first-order valence-electron chi connectivity index (χ1n) is 5.83. The number of rotatable bonds is 4. The molecule has 0 aromatic carbocycles. The van der Waals surface area contributed by atoms with Gasteiger partial charge in [0.2, 0.25) is 5.88 Å². The number of hydrogen-bond donors (Lipinski definition) is 3. The zero-order chi connectivity index (χ0) is 13.0. The fourth-order valence-electron chi connectivity index (χ4n) is 1.86. The fourth-order valence-corrected chi connectivity index (χ4v) is 1.86. The fraction of sp³-hybridized carbons (Fsp3) is 0.636. The van der Waals surface area contributed by atoms with Gasteiger partial charge in [-0.05, 0) is 0 Å². The van der Waals surface area contributed by atoms with Crippen molar-refractivity contribution in [2.45, 2.75) is 18.4 Å². The number of aliphatic hydroxyl groups is 1. The minimum absolute atomic E-state index is 0.325. The molecule has 1 aromatic rings. The second kappa shape index (κ2) is 5.36. The van der Waals surface area contributed by atoms with Crippen LogP contribution in [0, 0.1) is 0 Å². The largest absolute Gasteiger partial charge is 0.479 e. The number of hydrogen-bond acceptors (Lipinski definition) is 7. The Balaban J connectivity index is 2.01. The molecule has 1 saturated heterocycles. The Bertz CT molecular complexity index is 407. The highest BCUT2D eigenvalue weighted by molar-refractivity contribution is 5.66. The summed E-state index contributed by atoms with van der Waals surface area (Å²) in [4.78, 5) is 7.92. The van der Waals surface area contributed by atoms with Crippen molar-refractivity contribution >= 4 is 11.5 Å². The predicted octanol–water partition coefficient (Wildman–Crippen LogP) is 0.0208. The summed E-state index contributed by atoms with van der Waals surface area (Å²) < 4.78 is 10.2. The Morgan fingerprint density at radius 2 is 2.22 bits per heavy atom. The van der Waals surface area contributed by atoms with Crippen LogP contribution in [0.15, 0.2) is 6.33 Å². The smallest absolute Gasteiger partial charge is 0.242 e. The standard InChI is InChI=1S/C11H18N4O3/c1-17-10-8(12)9(14-7-15-10)13-6-11(16)2-4-18-5-3-11/h7,16H,2-6,12H2,1H3,(H,13,14,15). The maximum atomic E-state index is 10.3. The molecular formula is C11H18N4O3. The van der Waals surface area contributed by atoms with Gasteiger partial charge in [-0.25, -0.2) is 4.98 Å². The van der Waals surface area contributed by atoms with Crippen molar-refractivity contribution in [2.75, 3.05) is 37.9 Å². The quantitative estimate of drug-likeness (QED) is 0.696. The number of nitrogen functional groups attached to an aromatic ring is 1. The van der Waals surface area contributed by atoms with E-state index in [4.69, 9.17) is 15.2 Å². The second-order valence-electron chi connectivity index (χ2n) is 4.34. The third-order valence-electron chi connectivity index (χ3n) is 3.05. The number of nitrogens with one attached hydrogen (secondary N) is 1. The first kappa shape index (κ1) is 12.8. The molecule has 4 N–H and O–H groups in total. The molecule has 0 saturated carbocycles. The molecule has 1 aliphatic rings. The molecular weight excluding hydrogens is 236 g/mol. The summed E-state index contributed by atoms with van der Waals surface area (Å²) in [5.41, 5.74) is 5.40. The highest BCUT2D eigenvalue weighted by Crippen LogP contribution is 2.26. The second-order valence-corrected chi connectivity index (χ2v) is 4.34. The molecule has 0 bridgehead atoms. The zero-order valence-corrected chi connectivity index (χ0v) is 10.3. The van der Waals surface area contributed by atoms with E-state index in [0.29, 0.717) is 50.0 Å². The molecule has 0 unspecified atom stereocenters. The van der Waals surface area contributed by atoms with Gasteiger partial charge < -0.3 is 25.6 Å². The predicted molar refractivity (Wildman–Crippen MR) is 66.5 cm³/mol. The molecule has 2 rings (SSSR count). The van der Waals surface area contributed by atoms with Crippen LogP contribution in [0.4, 0.5) is 11.5 Å². The lowest BCUT2D eigenvalue weighted by Gasteiger charge is -2.32. The van der Waals surface area contributed by atoms with Gasteiger partial charge in [0, 0.05) is 32.6 Å². The molecule has 1 aliphatic heterocycles. The minimum atomic E-state index is -0.775. The topological polar surface area (TPSA) is 103 Å². The van der Waals surface area contributed by atoms with Crippen LogP contribution in [-0.4, -0.2) is 47.5 Å². The van der Waals surface area contributed by atoms with Crippen LogP contribution in [-0.2, 0) is 4.74 Å². The van der Waals surface area contributed by atoms with E-state index in [1.807, 2.05) is 0 Å². The molecule has 0 amide bonds. The van der Waals surface area contributed by atoms with E-state index in [1.165, 1.54) is 13.4 Å². The summed E-state index contributed by atoms with van der Waals surface area (Å²) in [6.45, 7) is 1.52. The van der Waals surface area contributed by atoms with E-state index < -0.39 is 5.60 Å². The highest BCUT2D eigenvalue weighted by Gasteiger charge is 2.29. The van der Waals surface area contributed by atoms with Crippen molar-refractivity contribution in [1.82, 2.24) is 9.97 Å². The first-order valence-corrected chi connectivity index (χ1v) is 5.83. The lowest BCUT2D eigenvalue weighted by atomic mass is 9.94. The summed E-state index contributed by atoms with van der Waals surface area (Å²) in [5, 5.41) is 13.3. The molecule has 0 spiro atoms. The van der Waals surface area contributed by atoms with Gasteiger partial charge in [-0.15, -0.1) is 0 Å². The van der Waals surface area contributed by atoms with Crippen molar-refractivity contribution in [3.63, 3.8) is 0 Å². The summed E-state index contributed by atoms with van der Waals surface area (Å²) >= 11 is 0. The Morgan fingerprint density at radius 1 is 1.50 bits per heavy atom. The SMILES string of the molecule is COc1ncnc(NCC2(O)CCOCC2)c1N. The third-order valence-corrected chi connectivity index (χ3v) is 3.05. The molecule has 1 aromatic heterocycles. The lowest BCUT2D eigenvalue weighted by Crippen LogP contribution is -2.42. The Morgan fingerprint density at radius 3 is 2.89 bits per heavy atom. The highest BCUT2D eigenvalue weighted by atomic mass is 16.5. The molecule has 0 aliphatic carbocycles. The number of ether oxygens (including phenoxy) is 2. The van der Waals surface area contributed by atoms with Crippen LogP contribution in [0.1, 0.15) is 12.8 Å². The zero-order valence-electron chi connectivity index (χ0n) is 10.3. The molecule has 18 heavy (non-hydrogen) atoms. The minimum Gasteiger partial charge on any atom is -0.479 e. The summed E-state index contributed by atoms with van der Waals surface area (Å²) in [5.74, 6) is 0.799. The van der Waals surface area contributed by atoms with Gasteiger partial charge in [-0.3, -0.25) is 0 Å². The average molecular weight is 254 g/mol. The van der Waals surface area contributed by atoms with E-state index in [-0.39, 0.29) is 0 Å². The maximum absolute atomic E-state index is 10.3. The van der Waals surface area contributed by atoms with Crippen LogP contribution < -0.4 is 15.8 Å². The van der Waals surface area contributed by atoms with Gasteiger partial charge in [-0.2, -0.15) is 4.98 Å². The first-order chi connectivity index (χ1) is 8.64. The molecule has 0 radical (unpaired) electrons. The van der Waals surface area contributed by atoms with Crippen LogP contribution in [0.25, 0.3) is 0 Å². The number of anilines is 2. The van der Waals surface area contributed by atoms with Crippen LogP contribution >= 0.6 is 0 Å². The molecule has 1 fully saturated rings. The number of methoxy groups -OCH3 is 1. The molecule has 7 heteroatoms. The number of nitrogens with two attached hydrogens (primary N) is 1. The molecule has 100 valence electrons. The van der Waals surface area contributed by atoms with Gasteiger partial charge in [0.1, 0.15) is 12.0 Å². The third kappa shape index (κ3) is 2.80. The van der Waals surface area contributed by atoms with E-state index >= 15 is 0 Å². The maximum Gasteiger partial charge on any atom is 0.242 e. The summed E-state index contributed by atoms with van der Waals surface area (Å²) in [6, 6.07) is 0. The molecule has 7 nitrogen and oxygen atoms in total. The average Bonchev–Trinajstić information content (AvgIpc) is 2.38. The Hall–Kier alpha value is -1.60. The van der Waals surface area contributed by atoms with Gasteiger partial charge in [0.25, 0.3) is 0 Å². The lowest BCUT2D eigenvalue weighted by molar-refractivity contribution is -0.0543. The monoisotopic (exact) mass is 254 g/mol. The van der Waals surface area contributed by atoms with Crippen molar-refractivity contribution in [3.05, 3.63) is 6.33 Å². The summed E-state index contributed by atoms with van der Waals surface area (Å²) in [6.07, 6.45) is 2.57. The summed E-state index contributed by atoms with van der Waals surface area (Å²) in [7, 11) is 1.49. The van der Waals surface area contributed by atoms with Crippen LogP contribution in [0.2, 0.25) is 0 Å². The van der Waals surface area contributed by atoms with Crippen molar-refractivity contribution < 1.29 is 14.6 Å². The van der Waals surface area contributed by atoms with E-state index in [1.54, 1.807) is 0 Å². The van der Waals surface area contributed by atoms with Gasteiger partial charge >= 0.3 is 0 Å². The van der Waals surface area contributed by atoms with E-state index in [0.717, 1.165) is 0 Å². The Kier molecular flexibility index (Phi) is 3.83. The number of aromatic nitrogens is 2. The number of nitrogens with zero attached hydrogens (tertiary/aromatic N) is 2.